The molecule has 0 saturated heterocycles. The summed E-state index contributed by atoms with van der Waals surface area (Å²) in [5.41, 5.74) is 0.398. The van der Waals surface area contributed by atoms with Crippen LogP contribution in [0, 0.1) is 0 Å². The summed E-state index contributed by atoms with van der Waals surface area (Å²) in [6.07, 6.45) is 5.82. The van der Waals surface area contributed by atoms with Crippen molar-refractivity contribution >= 4 is 17.9 Å². The van der Waals surface area contributed by atoms with Crippen LogP contribution in [0.2, 0.25) is 0 Å². The van der Waals surface area contributed by atoms with E-state index >= 15 is 0 Å². The number of unbranched alkanes of at least 4 members (excludes halogenated alkanes) is 3. The number of carbonyl (C=O) groups is 3. The smallest absolute Gasteiger partial charge is 0.343 e. The molecule has 2 aromatic carbocycles. The number of carbonyl (C=O) groups excluding carboxylic acids is 3. The fraction of sp³-hybridized carbons (Fsp3) is 0.346. The number of benzene rings is 2. The van der Waals surface area contributed by atoms with Gasteiger partial charge in [-0.3, -0.25) is 4.79 Å². The Morgan fingerprint density at radius 2 is 1.36 bits per heavy atom. The van der Waals surface area contributed by atoms with Gasteiger partial charge in [-0.2, -0.15) is 0 Å². The molecule has 0 amide bonds. The normalized spacial score (nSPS) is 10.2. The van der Waals surface area contributed by atoms with Gasteiger partial charge in [0, 0.05) is 12.5 Å². The molecule has 0 saturated carbocycles. The molecule has 0 N–H and O–H groups in total. The van der Waals surface area contributed by atoms with Crippen molar-refractivity contribution in [3.63, 3.8) is 0 Å². The molecule has 7 heteroatoms. The number of rotatable bonds is 14. The highest BCUT2D eigenvalue weighted by Crippen LogP contribution is 2.20. The SMILES string of the molecule is C=CC(=O)OCCCCCCOc1ccc(C(=O)Oc2ccc(OC(=O)CCC)cc2)cc1. The van der Waals surface area contributed by atoms with Crippen molar-refractivity contribution < 1.29 is 33.3 Å². The van der Waals surface area contributed by atoms with Crippen LogP contribution < -0.4 is 14.2 Å². The molecule has 0 aliphatic heterocycles. The quantitative estimate of drug-likeness (QED) is 0.166. The first-order valence-electron chi connectivity index (χ1n) is 11.1. The van der Waals surface area contributed by atoms with Gasteiger partial charge in [0.2, 0.25) is 0 Å². The van der Waals surface area contributed by atoms with Gasteiger partial charge in [0.15, 0.2) is 0 Å². The third-order valence-electron chi connectivity index (χ3n) is 4.53. The first-order chi connectivity index (χ1) is 16.0. The first-order valence-corrected chi connectivity index (χ1v) is 11.1. The molecule has 0 radical (unpaired) electrons. The monoisotopic (exact) mass is 454 g/mol. The maximum absolute atomic E-state index is 12.3. The second-order valence-electron chi connectivity index (χ2n) is 7.24. The molecular formula is C26H30O7. The van der Waals surface area contributed by atoms with E-state index in [1.165, 1.54) is 0 Å². The average molecular weight is 455 g/mol. The molecule has 33 heavy (non-hydrogen) atoms. The molecule has 0 aliphatic rings. The lowest BCUT2D eigenvalue weighted by Crippen LogP contribution is -2.09. The maximum atomic E-state index is 12.3. The van der Waals surface area contributed by atoms with E-state index in [2.05, 4.69) is 6.58 Å². The van der Waals surface area contributed by atoms with Crippen molar-refractivity contribution in [1.29, 1.82) is 0 Å². The molecule has 0 bridgehead atoms. The largest absolute Gasteiger partial charge is 0.494 e. The Hall–Kier alpha value is -3.61. The zero-order valence-corrected chi connectivity index (χ0v) is 18.9. The van der Waals surface area contributed by atoms with Crippen molar-refractivity contribution in [2.24, 2.45) is 0 Å². The van der Waals surface area contributed by atoms with E-state index in [0.29, 0.717) is 42.4 Å². The molecule has 0 aliphatic carbocycles. The molecule has 0 atom stereocenters. The third kappa shape index (κ3) is 10.0. The predicted molar refractivity (Wildman–Crippen MR) is 124 cm³/mol. The minimum atomic E-state index is -0.491. The lowest BCUT2D eigenvalue weighted by molar-refractivity contribution is -0.138. The summed E-state index contributed by atoms with van der Waals surface area (Å²) in [6, 6.07) is 13.1. The molecule has 7 nitrogen and oxygen atoms in total. The maximum Gasteiger partial charge on any atom is 0.343 e. The highest BCUT2D eigenvalue weighted by molar-refractivity contribution is 5.91. The van der Waals surface area contributed by atoms with Crippen molar-refractivity contribution in [3.05, 3.63) is 66.7 Å². The van der Waals surface area contributed by atoms with Crippen LogP contribution in [0.4, 0.5) is 0 Å². The number of ether oxygens (including phenoxy) is 4. The van der Waals surface area contributed by atoms with E-state index in [4.69, 9.17) is 18.9 Å². The van der Waals surface area contributed by atoms with Crippen LogP contribution in [0.25, 0.3) is 0 Å². The number of hydrogen-bond donors (Lipinski definition) is 0. The average Bonchev–Trinajstić information content (AvgIpc) is 2.82. The highest BCUT2D eigenvalue weighted by atomic mass is 16.5. The summed E-state index contributed by atoms with van der Waals surface area (Å²) in [5.74, 6) is 0.254. The Morgan fingerprint density at radius 3 is 1.97 bits per heavy atom. The van der Waals surface area contributed by atoms with Crippen LogP contribution in [-0.2, 0) is 14.3 Å². The lowest BCUT2D eigenvalue weighted by Gasteiger charge is -2.08. The Labute approximate surface area is 194 Å². The third-order valence-corrected chi connectivity index (χ3v) is 4.53. The summed E-state index contributed by atoms with van der Waals surface area (Å²) in [6.45, 7) is 6.21. The molecule has 2 rings (SSSR count). The van der Waals surface area contributed by atoms with Gasteiger partial charge in [-0.25, -0.2) is 9.59 Å². The Kier molecular flexibility index (Phi) is 11.2. The van der Waals surface area contributed by atoms with Crippen LogP contribution in [0.5, 0.6) is 17.2 Å². The summed E-state index contributed by atoms with van der Waals surface area (Å²) in [7, 11) is 0. The second-order valence-corrected chi connectivity index (χ2v) is 7.24. The van der Waals surface area contributed by atoms with E-state index in [-0.39, 0.29) is 5.97 Å². The first kappa shape index (κ1) is 25.6. The zero-order valence-electron chi connectivity index (χ0n) is 18.9. The molecule has 0 heterocycles. The van der Waals surface area contributed by atoms with Gasteiger partial charge in [0.05, 0.1) is 18.8 Å². The van der Waals surface area contributed by atoms with Gasteiger partial charge in [0.1, 0.15) is 17.2 Å². The van der Waals surface area contributed by atoms with E-state index in [1.54, 1.807) is 48.5 Å². The van der Waals surface area contributed by atoms with Crippen molar-refractivity contribution in [2.45, 2.75) is 45.4 Å². The molecule has 0 aromatic heterocycles. The zero-order chi connectivity index (χ0) is 23.9. The van der Waals surface area contributed by atoms with Crippen molar-refractivity contribution in [3.8, 4) is 17.2 Å². The standard InChI is InChI=1S/C26H30O7/c1-3-9-25(28)32-22-14-16-23(17-15-22)33-26(29)20-10-12-21(13-11-20)30-18-7-5-6-8-19-31-24(27)4-2/h4,10-17H,2-3,5-9,18-19H2,1H3. The molecule has 2 aromatic rings. The second kappa shape index (κ2) is 14.5. The number of hydrogen-bond acceptors (Lipinski definition) is 7. The van der Waals surface area contributed by atoms with E-state index in [0.717, 1.165) is 38.2 Å². The Bertz CT molecular complexity index is 901. The van der Waals surface area contributed by atoms with Gasteiger partial charge in [-0.15, -0.1) is 0 Å². The van der Waals surface area contributed by atoms with Gasteiger partial charge in [-0.1, -0.05) is 13.5 Å². The van der Waals surface area contributed by atoms with Crippen molar-refractivity contribution in [2.75, 3.05) is 13.2 Å². The summed E-state index contributed by atoms with van der Waals surface area (Å²) in [4.78, 5) is 34.8. The highest BCUT2D eigenvalue weighted by Gasteiger charge is 2.10. The fourth-order valence-corrected chi connectivity index (χ4v) is 2.79. The van der Waals surface area contributed by atoms with Gasteiger partial charge in [-0.05, 0) is 80.6 Å². The molecule has 176 valence electrons. The molecular weight excluding hydrogens is 424 g/mol. The summed E-state index contributed by atoms with van der Waals surface area (Å²) in [5, 5.41) is 0. The summed E-state index contributed by atoms with van der Waals surface area (Å²) < 4.78 is 21.1. The fourth-order valence-electron chi connectivity index (χ4n) is 2.79. The predicted octanol–water partition coefficient (Wildman–Crippen LogP) is 5.28. The Morgan fingerprint density at radius 1 is 0.788 bits per heavy atom. The summed E-state index contributed by atoms with van der Waals surface area (Å²) >= 11 is 0. The van der Waals surface area contributed by atoms with E-state index < -0.39 is 11.9 Å². The minimum absolute atomic E-state index is 0.295. The van der Waals surface area contributed by atoms with E-state index in [9.17, 15) is 14.4 Å². The van der Waals surface area contributed by atoms with Crippen LogP contribution >= 0.6 is 0 Å². The molecule has 0 unspecified atom stereocenters. The molecule has 0 spiro atoms. The van der Waals surface area contributed by atoms with Gasteiger partial charge in [0.25, 0.3) is 0 Å². The van der Waals surface area contributed by atoms with Crippen LogP contribution in [0.3, 0.4) is 0 Å². The van der Waals surface area contributed by atoms with Crippen molar-refractivity contribution in [1.82, 2.24) is 0 Å². The lowest BCUT2D eigenvalue weighted by atomic mass is 10.2. The van der Waals surface area contributed by atoms with Crippen LogP contribution in [0.1, 0.15) is 55.8 Å². The van der Waals surface area contributed by atoms with Gasteiger partial charge >= 0.3 is 17.9 Å². The Balaban J connectivity index is 1.68. The minimum Gasteiger partial charge on any atom is -0.494 e. The number of esters is 3. The topological polar surface area (TPSA) is 88.1 Å². The van der Waals surface area contributed by atoms with Gasteiger partial charge < -0.3 is 18.9 Å². The molecule has 0 fully saturated rings. The van der Waals surface area contributed by atoms with Crippen LogP contribution in [-0.4, -0.2) is 31.1 Å². The van der Waals surface area contributed by atoms with Crippen LogP contribution in [0.15, 0.2) is 61.2 Å². The van der Waals surface area contributed by atoms with E-state index in [1.807, 2.05) is 6.92 Å².